The fourth-order valence-electron chi connectivity index (χ4n) is 2.27. The first-order valence-corrected chi connectivity index (χ1v) is 6.96. The van der Waals surface area contributed by atoms with Crippen LogP contribution in [-0.4, -0.2) is 0 Å². The summed E-state index contributed by atoms with van der Waals surface area (Å²) in [7, 11) is 0. The van der Waals surface area contributed by atoms with Gasteiger partial charge in [0.2, 0.25) is 0 Å². The maximum atomic E-state index is 2.34. The first-order valence-electron chi connectivity index (χ1n) is 6.96. The van der Waals surface area contributed by atoms with Gasteiger partial charge in [0.05, 0.1) is 0 Å². The maximum absolute atomic E-state index is 2.34. The van der Waals surface area contributed by atoms with Crippen LogP contribution in [0.4, 0.5) is 0 Å². The molecule has 0 radical (unpaired) electrons. The number of benzene rings is 2. The topological polar surface area (TPSA) is 0 Å². The van der Waals surface area contributed by atoms with Crippen molar-refractivity contribution >= 4 is 10.8 Å². The molecule has 0 aliphatic rings. The highest BCUT2D eigenvalue weighted by molar-refractivity contribution is 5.84. The zero-order chi connectivity index (χ0) is 13.3. The molecule has 0 aliphatic heterocycles. The molecule has 2 aromatic carbocycles. The van der Waals surface area contributed by atoms with Gasteiger partial charge in [-0.25, -0.2) is 0 Å². The van der Waals surface area contributed by atoms with Crippen molar-refractivity contribution in [2.75, 3.05) is 0 Å². The highest BCUT2D eigenvalue weighted by atomic mass is 14.2. The van der Waals surface area contributed by atoms with Crippen LogP contribution < -0.4 is 0 Å². The molecule has 0 saturated carbocycles. The quantitative estimate of drug-likeness (QED) is 0.636. The predicted molar refractivity (Wildman–Crippen MR) is 81.4 cm³/mol. The first kappa shape index (κ1) is 13.1. The second-order valence-electron chi connectivity index (χ2n) is 6.38. The molecule has 0 fully saturated rings. The SMILES string of the molecule is CCC(C)c1ccc2cc(C(C)(C)C)ccc2c1. The highest BCUT2D eigenvalue weighted by Gasteiger charge is 2.13. The molecule has 0 heteroatoms. The average molecular weight is 240 g/mol. The molecule has 0 saturated heterocycles. The lowest BCUT2D eigenvalue weighted by molar-refractivity contribution is 0.591. The minimum absolute atomic E-state index is 0.226. The van der Waals surface area contributed by atoms with Gasteiger partial charge in [-0.3, -0.25) is 0 Å². The van der Waals surface area contributed by atoms with Crippen LogP contribution in [0.25, 0.3) is 10.8 Å². The molecule has 1 unspecified atom stereocenters. The van der Waals surface area contributed by atoms with Gasteiger partial charge < -0.3 is 0 Å². The molecule has 0 spiro atoms. The van der Waals surface area contributed by atoms with E-state index in [0.717, 1.165) is 0 Å². The van der Waals surface area contributed by atoms with E-state index in [1.807, 2.05) is 0 Å². The van der Waals surface area contributed by atoms with Gasteiger partial charge in [-0.05, 0) is 39.7 Å². The predicted octanol–water partition coefficient (Wildman–Crippen LogP) is 5.65. The normalized spacial score (nSPS) is 13.8. The Balaban J connectivity index is 2.49. The summed E-state index contributed by atoms with van der Waals surface area (Å²) in [5.41, 5.74) is 3.09. The van der Waals surface area contributed by atoms with Crippen LogP contribution in [0.3, 0.4) is 0 Å². The Kier molecular flexibility index (Phi) is 3.47. The van der Waals surface area contributed by atoms with E-state index < -0.39 is 0 Å². The monoisotopic (exact) mass is 240 g/mol. The minimum Gasteiger partial charge on any atom is -0.0648 e. The molecule has 2 rings (SSSR count). The van der Waals surface area contributed by atoms with Crippen molar-refractivity contribution in [1.82, 2.24) is 0 Å². The summed E-state index contributed by atoms with van der Waals surface area (Å²) in [4.78, 5) is 0. The van der Waals surface area contributed by atoms with Gasteiger partial charge in [-0.15, -0.1) is 0 Å². The summed E-state index contributed by atoms with van der Waals surface area (Å²) in [5, 5.41) is 2.72. The van der Waals surface area contributed by atoms with Gasteiger partial charge >= 0.3 is 0 Å². The van der Waals surface area contributed by atoms with E-state index in [1.54, 1.807) is 0 Å². The molecule has 0 bridgehead atoms. The van der Waals surface area contributed by atoms with Crippen LogP contribution in [0.5, 0.6) is 0 Å². The lowest BCUT2D eigenvalue weighted by Gasteiger charge is -2.20. The van der Waals surface area contributed by atoms with Crippen molar-refractivity contribution in [1.29, 1.82) is 0 Å². The summed E-state index contributed by atoms with van der Waals surface area (Å²) in [6, 6.07) is 13.8. The van der Waals surface area contributed by atoms with Gasteiger partial charge in [0.15, 0.2) is 0 Å². The van der Waals surface area contributed by atoms with Crippen molar-refractivity contribution in [3.63, 3.8) is 0 Å². The van der Waals surface area contributed by atoms with E-state index >= 15 is 0 Å². The van der Waals surface area contributed by atoms with E-state index in [4.69, 9.17) is 0 Å². The van der Waals surface area contributed by atoms with Gasteiger partial charge in [0.25, 0.3) is 0 Å². The largest absolute Gasteiger partial charge is 0.0648 e. The molecule has 2 aromatic rings. The van der Waals surface area contributed by atoms with E-state index in [-0.39, 0.29) is 5.41 Å². The van der Waals surface area contributed by atoms with Crippen molar-refractivity contribution in [3.8, 4) is 0 Å². The van der Waals surface area contributed by atoms with E-state index in [1.165, 1.54) is 28.3 Å². The smallest absolute Gasteiger partial charge is 0.0132 e. The average Bonchev–Trinajstić information content (AvgIpc) is 2.35. The van der Waals surface area contributed by atoms with Crippen LogP contribution >= 0.6 is 0 Å². The molecule has 0 aromatic heterocycles. The molecule has 18 heavy (non-hydrogen) atoms. The zero-order valence-electron chi connectivity index (χ0n) is 12.2. The van der Waals surface area contributed by atoms with E-state index in [2.05, 4.69) is 71.0 Å². The summed E-state index contributed by atoms with van der Waals surface area (Å²) in [6.45, 7) is 11.3. The Labute approximate surface area is 111 Å². The van der Waals surface area contributed by atoms with Crippen molar-refractivity contribution in [2.45, 2.75) is 52.4 Å². The molecule has 96 valence electrons. The Hall–Kier alpha value is -1.30. The Morgan fingerprint density at radius 1 is 0.944 bits per heavy atom. The first-order chi connectivity index (χ1) is 8.41. The van der Waals surface area contributed by atoms with E-state index in [0.29, 0.717) is 5.92 Å². The minimum atomic E-state index is 0.226. The van der Waals surface area contributed by atoms with Gasteiger partial charge in [0.1, 0.15) is 0 Å². The molecule has 1 atom stereocenters. The Bertz CT molecular complexity index is 543. The van der Waals surface area contributed by atoms with Gasteiger partial charge in [-0.2, -0.15) is 0 Å². The van der Waals surface area contributed by atoms with E-state index in [9.17, 15) is 0 Å². The second kappa shape index (κ2) is 4.76. The molecular formula is C18H24. The van der Waals surface area contributed by atoms with Crippen LogP contribution in [0.15, 0.2) is 36.4 Å². The van der Waals surface area contributed by atoms with Crippen LogP contribution in [-0.2, 0) is 5.41 Å². The molecule has 0 nitrogen and oxygen atoms in total. The molecule has 0 heterocycles. The van der Waals surface area contributed by atoms with Crippen molar-refractivity contribution < 1.29 is 0 Å². The lowest BCUT2D eigenvalue weighted by Crippen LogP contribution is -2.10. The third-order valence-electron chi connectivity index (χ3n) is 3.91. The summed E-state index contributed by atoms with van der Waals surface area (Å²) in [5.74, 6) is 0.650. The zero-order valence-corrected chi connectivity index (χ0v) is 12.2. The number of hydrogen-bond donors (Lipinski definition) is 0. The number of hydrogen-bond acceptors (Lipinski definition) is 0. The van der Waals surface area contributed by atoms with Crippen LogP contribution in [0.1, 0.15) is 58.1 Å². The second-order valence-corrected chi connectivity index (χ2v) is 6.38. The van der Waals surface area contributed by atoms with Crippen LogP contribution in [0, 0.1) is 0 Å². The summed E-state index contributed by atoms with van der Waals surface area (Å²) < 4.78 is 0. The lowest BCUT2D eigenvalue weighted by atomic mass is 9.85. The molecular weight excluding hydrogens is 216 g/mol. The fourth-order valence-corrected chi connectivity index (χ4v) is 2.27. The summed E-state index contributed by atoms with van der Waals surface area (Å²) >= 11 is 0. The molecule has 0 N–H and O–H groups in total. The molecule has 0 aliphatic carbocycles. The van der Waals surface area contributed by atoms with Crippen molar-refractivity contribution in [3.05, 3.63) is 47.5 Å². The highest BCUT2D eigenvalue weighted by Crippen LogP contribution is 2.28. The number of rotatable bonds is 2. The fraction of sp³-hybridized carbons (Fsp3) is 0.444. The Morgan fingerprint density at radius 2 is 1.56 bits per heavy atom. The van der Waals surface area contributed by atoms with Crippen molar-refractivity contribution in [2.24, 2.45) is 0 Å². The Morgan fingerprint density at radius 3 is 2.17 bits per heavy atom. The third kappa shape index (κ3) is 2.58. The van der Waals surface area contributed by atoms with Gasteiger partial charge in [0, 0.05) is 0 Å². The maximum Gasteiger partial charge on any atom is -0.0132 e. The summed E-state index contributed by atoms with van der Waals surface area (Å²) in [6.07, 6.45) is 1.20. The third-order valence-corrected chi connectivity index (χ3v) is 3.91. The standard InChI is InChI=1S/C18H24/c1-6-13(2)14-7-8-16-12-17(18(3,4)5)10-9-15(16)11-14/h7-13H,6H2,1-5H3. The van der Waals surface area contributed by atoms with Crippen LogP contribution in [0.2, 0.25) is 0 Å². The van der Waals surface area contributed by atoms with Gasteiger partial charge in [-0.1, -0.05) is 71.0 Å². The molecule has 0 amide bonds. The number of fused-ring (bicyclic) bond motifs is 1.